The van der Waals surface area contributed by atoms with Gasteiger partial charge in [-0.1, -0.05) is 0 Å². The fourth-order valence-electron chi connectivity index (χ4n) is 0.771. The predicted octanol–water partition coefficient (Wildman–Crippen LogP) is 3.16. The Morgan fingerprint density at radius 1 is 1.38 bits per heavy atom. The Kier molecular flexibility index (Phi) is 2.91. The Bertz CT molecular complexity index is 309. The fraction of sp³-hybridized carbons (Fsp3) is 0.444. The van der Waals surface area contributed by atoms with Crippen LogP contribution in [0.5, 0.6) is 5.88 Å². The molecular weight excluding hydrogens is 237 g/mol. The van der Waals surface area contributed by atoms with Gasteiger partial charge in [-0.25, -0.2) is 9.37 Å². The Balaban J connectivity index is 2.86. The molecule has 0 aliphatic carbocycles. The van der Waals surface area contributed by atoms with Crippen LogP contribution in [0.3, 0.4) is 0 Å². The van der Waals surface area contributed by atoms with E-state index in [9.17, 15) is 4.39 Å². The quantitative estimate of drug-likeness (QED) is 0.712. The molecule has 4 heteroatoms. The highest BCUT2D eigenvalue weighted by Crippen LogP contribution is 2.20. The normalized spacial score (nSPS) is 11.5. The van der Waals surface area contributed by atoms with Crippen LogP contribution in [0.15, 0.2) is 16.7 Å². The van der Waals surface area contributed by atoms with Crippen LogP contribution in [-0.4, -0.2) is 10.6 Å². The smallest absolute Gasteiger partial charge is 0.215 e. The second kappa shape index (κ2) is 3.62. The van der Waals surface area contributed by atoms with Gasteiger partial charge in [-0.2, -0.15) is 0 Å². The van der Waals surface area contributed by atoms with Crippen LogP contribution < -0.4 is 4.74 Å². The lowest BCUT2D eigenvalue weighted by Crippen LogP contribution is -2.23. The first kappa shape index (κ1) is 10.4. The standard InChI is InChI=1S/C9H11BrFNO/c1-9(2,3)13-7-5-4-6(11)8(10)12-7/h4-5H,1-3H3. The van der Waals surface area contributed by atoms with Crippen molar-refractivity contribution in [3.63, 3.8) is 0 Å². The third-order valence-electron chi connectivity index (χ3n) is 1.19. The average molecular weight is 248 g/mol. The highest BCUT2D eigenvalue weighted by molar-refractivity contribution is 9.10. The van der Waals surface area contributed by atoms with Gasteiger partial charge in [0.1, 0.15) is 10.2 Å². The van der Waals surface area contributed by atoms with Crippen LogP contribution in [0, 0.1) is 5.82 Å². The van der Waals surface area contributed by atoms with Crippen molar-refractivity contribution in [3.8, 4) is 5.88 Å². The third-order valence-corrected chi connectivity index (χ3v) is 1.74. The lowest BCUT2D eigenvalue weighted by atomic mass is 10.2. The molecule has 0 aromatic carbocycles. The molecular formula is C9H11BrFNO. The molecule has 0 aliphatic heterocycles. The van der Waals surface area contributed by atoms with Crippen molar-refractivity contribution in [2.45, 2.75) is 26.4 Å². The van der Waals surface area contributed by atoms with Gasteiger partial charge in [0.15, 0.2) is 5.82 Å². The second-order valence-corrected chi connectivity index (χ2v) is 4.39. The topological polar surface area (TPSA) is 22.1 Å². The van der Waals surface area contributed by atoms with Crippen molar-refractivity contribution in [3.05, 3.63) is 22.6 Å². The van der Waals surface area contributed by atoms with Crippen LogP contribution in [0.1, 0.15) is 20.8 Å². The molecule has 72 valence electrons. The summed E-state index contributed by atoms with van der Waals surface area (Å²) in [4.78, 5) is 3.88. The highest BCUT2D eigenvalue weighted by atomic mass is 79.9. The van der Waals surface area contributed by atoms with E-state index in [2.05, 4.69) is 20.9 Å². The van der Waals surface area contributed by atoms with Gasteiger partial charge in [-0.05, 0) is 42.8 Å². The highest BCUT2D eigenvalue weighted by Gasteiger charge is 2.13. The maximum atomic E-state index is 12.8. The van der Waals surface area contributed by atoms with Crippen LogP contribution in [0.2, 0.25) is 0 Å². The van der Waals surface area contributed by atoms with Crippen LogP contribution in [-0.2, 0) is 0 Å². The fourth-order valence-corrected chi connectivity index (χ4v) is 1.08. The number of halogens is 2. The number of pyridine rings is 1. The zero-order chi connectivity index (χ0) is 10.1. The lowest BCUT2D eigenvalue weighted by molar-refractivity contribution is 0.123. The number of hydrogen-bond donors (Lipinski definition) is 0. The first-order valence-electron chi connectivity index (χ1n) is 3.89. The zero-order valence-electron chi connectivity index (χ0n) is 7.77. The van der Waals surface area contributed by atoms with Crippen LogP contribution in [0.25, 0.3) is 0 Å². The molecule has 1 aromatic heterocycles. The molecule has 1 heterocycles. The summed E-state index contributed by atoms with van der Waals surface area (Å²) < 4.78 is 18.4. The second-order valence-electron chi connectivity index (χ2n) is 3.64. The SMILES string of the molecule is CC(C)(C)Oc1ccc(F)c(Br)n1. The van der Waals surface area contributed by atoms with E-state index in [1.165, 1.54) is 12.1 Å². The summed E-state index contributed by atoms with van der Waals surface area (Å²) >= 11 is 2.99. The van der Waals surface area contributed by atoms with Gasteiger partial charge in [0.25, 0.3) is 0 Å². The zero-order valence-corrected chi connectivity index (χ0v) is 9.35. The molecule has 0 unspecified atom stereocenters. The maximum Gasteiger partial charge on any atom is 0.215 e. The lowest BCUT2D eigenvalue weighted by Gasteiger charge is -2.20. The molecule has 0 spiro atoms. The molecule has 0 saturated carbocycles. The third kappa shape index (κ3) is 3.30. The van der Waals surface area contributed by atoms with Gasteiger partial charge < -0.3 is 4.74 Å². The molecule has 1 rings (SSSR count). The van der Waals surface area contributed by atoms with Crippen molar-refractivity contribution >= 4 is 15.9 Å². The summed E-state index contributed by atoms with van der Waals surface area (Å²) in [5, 5.41) is 0. The van der Waals surface area contributed by atoms with Gasteiger partial charge in [-0.15, -0.1) is 0 Å². The van der Waals surface area contributed by atoms with Gasteiger partial charge in [0.05, 0.1) is 0 Å². The van der Waals surface area contributed by atoms with Crippen molar-refractivity contribution in [1.82, 2.24) is 4.98 Å². The van der Waals surface area contributed by atoms with E-state index in [1.807, 2.05) is 20.8 Å². The van der Waals surface area contributed by atoms with Crippen LogP contribution in [0.4, 0.5) is 4.39 Å². The van der Waals surface area contributed by atoms with Gasteiger partial charge in [-0.3, -0.25) is 0 Å². The molecule has 0 radical (unpaired) electrons. The first-order chi connectivity index (χ1) is 5.88. The van der Waals surface area contributed by atoms with Crippen molar-refractivity contribution in [1.29, 1.82) is 0 Å². The molecule has 0 bridgehead atoms. The minimum absolute atomic E-state index is 0.175. The Hall–Kier alpha value is -0.640. The Labute approximate surface area is 85.3 Å². The van der Waals surface area contributed by atoms with Crippen molar-refractivity contribution in [2.75, 3.05) is 0 Å². The number of ether oxygens (including phenoxy) is 1. The Morgan fingerprint density at radius 3 is 2.46 bits per heavy atom. The van der Waals surface area contributed by atoms with Gasteiger partial charge in [0, 0.05) is 6.07 Å². The summed E-state index contributed by atoms with van der Waals surface area (Å²) in [5.74, 6) is 0.0297. The van der Waals surface area contributed by atoms with Crippen molar-refractivity contribution < 1.29 is 9.13 Å². The van der Waals surface area contributed by atoms with E-state index in [0.29, 0.717) is 5.88 Å². The molecule has 1 aromatic rings. The summed E-state index contributed by atoms with van der Waals surface area (Å²) in [6, 6.07) is 2.82. The number of hydrogen-bond acceptors (Lipinski definition) is 2. The van der Waals surface area contributed by atoms with Crippen LogP contribution >= 0.6 is 15.9 Å². The van der Waals surface area contributed by atoms with E-state index in [1.54, 1.807) is 0 Å². The number of rotatable bonds is 1. The van der Waals surface area contributed by atoms with E-state index >= 15 is 0 Å². The molecule has 0 amide bonds. The van der Waals surface area contributed by atoms with Crippen molar-refractivity contribution in [2.24, 2.45) is 0 Å². The maximum absolute atomic E-state index is 12.8. The summed E-state index contributed by atoms with van der Waals surface area (Å²) in [6.45, 7) is 5.73. The molecule has 13 heavy (non-hydrogen) atoms. The minimum Gasteiger partial charge on any atom is -0.472 e. The number of nitrogens with zero attached hydrogens (tertiary/aromatic N) is 1. The molecule has 0 atom stereocenters. The largest absolute Gasteiger partial charge is 0.472 e. The van der Waals surface area contributed by atoms with E-state index in [0.717, 1.165) is 0 Å². The molecule has 0 aliphatic rings. The monoisotopic (exact) mass is 247 g/mol. The molecule has 0 N–H and O–H groups in total. The van der Waals surface area contributed by atoms with E-state index in [-0.39, 0.29) is 16.0 Å². The molecule has 0 fully saturated rings. The Morgan fingerprint density at radius 2 is 2.00 bits per heavy atom. The summed E-state index contributed by atoms with van der Waals surface area (Å²) in [5.41, 5.74) is -0.315. The molecule has 0 saturated heterocycles. The van der Waals surface area contributed by atoms with Gasteiger partial charge >= 0.3 is 0 Å². The van der Waals surface area contributed by atoms with E-state index in [4.69, 9.17) is 4.74 Å². The first-order valence-corrected chi connectivity index (χ1v) is 4.69. The predicted molar refractivity (Wildman–Crippen MR) is 52.3 cm³/mol. The summed E-state index contributed by atoms with van der Waals surface area (Å²) in [7, 11) is 0. The van der Waals surface area contributed by atoms with E-state index < -0.39 is 0 Å². The average Bonchev–Trinajstić information content (AvgIpc) is 1.94. The minimum atomic E-state index is -0.388. The van der Waals surface area contributed by atoms with Gasteiger partial charge in [0.2, 0.25) is 5.88 Å². The summed E-state index contributed by atoms with van der Waals surface area (Å²) in [6.07, 6.45) is 0. The molecule has 2 nitrogen and oxygen atoms in total. The number of aromatic nitrogens is 1.